The molecule has 1 amide bonds. The predicted molar refractivity (Wildman–Crippen MR) is 77.6 cm³/mol. The summed E-state index contributed by atoms with van der Waals surface area (Å²) >= 11 is 5.99. The molecule has 0 aliphatic heterocycles. The third-order valence-electron chi connectivity index (χ3n) is 3.03. The number of likely N-dealkylation sites (N-methyl/N-ethyl adjacent to an activating group) is 1. The lowest BCUT2D eigenvalue weighted by Gasteiger charge is -2.22. The zero-order valence-electron chi connectivity index (χ0n) is 11.6. The summed E-state index contributed by atoms with van der Waals surface area (Å²) in [5.41, 5.74) is 0.829. The van der Waals surface area contributed by atoms with Crippen molar-refractivity contribution in [2.75, 3.05) is 13.6 Å². The molecule has 5 nitrogen and oxygen atoms in total. The predicted octanol–water partition coefficient (Wildman–Crippen LogP) is 1.75. The van der Waals surface area contributed by atoms with E-state index in [1.54, 1.807) is 20.0 Å². The van der Waals surface area contributed by atoms with E-state index in [-0.39, 0.29) is 12.5 Å². The van der Waals surface area contributed by atoms with Gasteiger partial charge in [-0.1, -0.05) is 36.7 Å². The van der Waals surface area contributed by atoms with E-state index in [1.807, 2.05) is 18.2 Å². The zero-order valence-corrected chi connectivity index (χ0v) is 12.4. The molecule has 1 unspecified atom stereocenters. The van der Waals surface area contributed by atoms with Crippen LogP contribution in [0.25, 0.3) is 0 Å². The molecule has 110 valence electrons. The molecule has 0 aliphatic rings. The quantitative estimate of drug-likeness (QED) is 0.804. The minimum absolute atomic E-state index is 0.0370. The average molecular weight is 299 g/mol. The number of carbonyl (C=O) groups excluding carboxylic acids is 1. The van der Waals surface area contributed by atoms with Crippen LogP contribution in [0.1, 0.15) is 18.9 Å². The fourth-order valence-electron chi connectivity index (χ4n) is 1.90. The Balaban J connectivity index is 2.48. The molecule has 0 radical (unpaired) electrons. The molecule has 1 rings (SSSR count). The molecule has 0 aliphatic carbocycles. The van der Waals surface area contributed by atoms with Gasteiger partial charge in [-0.2, -0.15) is 0 Å². The van der Waals surface area contributed by atoms with E-state index in [1.165, 1.54) is 4.90 Å². The highest BCUT2D eigenvalue weighted by Gasteiger charge is 2.22. The van der Waals surface area contributed by atoms with Gasteiger partial charge in [-0.25, -0.2) is 0 Å². The highest BCUT2D eigenvalue weighted by molar-refractivity contribution is 6.31. The molecule has 2 N–H and O–H groups in total. The lowest BCUT2D eigenvalue weighted by molar-refractivity contribution is -0.143. The second kappa shape index (κ2) is 7.87. The van der Waals surface area contributed by atoms with Crippen molar-refractivity contribution in [1.82, 2.24) is 10.2 Å². The number of halogens is 1. The Hall–Kier alpha value is -1.59. The summed E-state index contributed by atoms with van der Waals surface area (Å²) in [5.74, 6) is -1.15. The number of carboxylic acids is 1. The maximum Gasteiger partial charge on any atom is 0.320 e. The molecule has 1 aromatic rings. The van der Waals surface area contributed by atoms with Gasteiger partial charge in [0.25, 0.3) is 0 Å². The molecule has 0 bridgehead atoms. The summed E-state index contributed by atoms with van der Waals surface area (Å²) in [6.45, 7) is 2.14. The number of carbonyl (C=O) groups is 2. The van der Waals surface area contributed by atoms with Crippen LogP contribution in [0, 0.1) is 0 Å². The van der Waals surface area contributed by atoms with E-state index in [4.69, 9.17) is 16.7 Å². The van der Waals surface area contributed by atoms with E-state index < -0.39 is 12.0 Å². The monoisotopic (exact) mass is 298 g/mol. The first-order valence-electron chi connectivity index (χ1n) is 6.38. The maximum atomic E-state index is 11.8. The second-order valence-corrected chi connectivity index (χ2v) is 4.95. The normalized spacial score (nSPS) is 12.2. The van der Waals surface area contributed by atoms with Crippen molar-refractivity contribution >= 4 is 23.5 Å². The number of aliphatic carboxylic acids is 1. The van der Waals surface area contributed by atoms with Crippen LogP contribution in [-0.2, 0) is 16.1 Å². The summed E-state index contributed by atoms with van der Waals surface area (Å²) in [6, 6.07) is 6.60. The molecule has 0 aromatic heterocycles. The van der Waals surface area contributed by atoms with Gasteiger partial charge in [0, 0.05) is 11.6 Å². The van der Waals surface area contributed by atoms with Crippen molar-refractivity contribution in [3.63, 3.8) is 0 Å². The van der Waals surface area contributed by atoms with Crippen molar-refractivity contribution in [3.05, 3.63) is 34.9 Å². The van der Waals surface area contributed by atoms with Crippen molar-refractivity contribution in [2.45, 2.75) is 25.9 Å². The van der Waals surface area contributed by atoms with Crippen molar-refractivity contribution in [1.29, 1.82) is 0 Å². The number of nitrogens with zero attached hydrogens (tertiary/aromatic N) is 1. The Labute approximate surface area is 123 Å². The lowest BCUT2D eigenvalue weighted by atomic mass is 10.2. The van der Waals surface area contributed by atoms with E-state index >= 15 is 0 Å². The SMILES string of the molecule is CCC(C(=O)O)N(C)CC(=O)NCc1ccccc1Cl. The summed E-state index contributed by atoms with van der Waals surface area (Å²) in [7, 11) is 1.62. The highest BCUT2D eigenvalue weighted by Crippen LogP contribution is 2.14. The van der Waals surface area contributed by atoms with Gasteiger partial charge >= 0.3 is 5.97 Å². The first kappa shape index (κ1) is 16.5. The standard InChI is InChI=1S/C14H19ClN2O3/c1-3-12(14(19)20)17(2)9-13(18)16-8-10-6-4-5-7-11(10)15/h4-7,12H,3,8-9H2,1-2H3,(H,16,18)(H,19,20). The summed E-state index contributed by atoms with van der Waals surface area (Å²) in [4.78, 5) is 24.3. The number of hydrogen-bond donors (Lipinski definition) is 2. The second-order valence-electron chi connectivity index (χ2n) is 4.55. The van der Waals surface area contributed by atoms with Gasteiger partial charge in [-0.3, -0.25) is 14.5 Å². The van der Waals surface area contributed by atoms with Crippen LogP contribution in [0.4, 0.5) is 0 Å². The van der Waals surface area contributed by atoms with Crippen LogP contribution in [0.5, 0.6) is 0 Å². The lowest BCUT2D eigenvalue weighted by Crippen LogP contribution is -2.43. The van der Waals surface area contributed by atoms with Crippen LogP contribution >= 0.6 is 11.6 Å². The molecule has 0 heterocycles. The molecule has 1 atom stereocenters. The first-order chi connectivity index (χ1) is 9.45. The Morgan fingerprint density at radius 3 is 2.60 bits per heavy atom. The number of amides is 1. The maximum absolute atomic E-state index is 11.8. The van der Waals surface area contributed by atoms with Gasteiger partial charge in [-0.05, 0) is 25.1 Å². The first-order valence-corrected chi connectivity index (χ1v) is 6.76. The minimum Gasteiger partial charge on any atom is -0.480 e. The molecule has 0 saturated heterocycles. The van der Waals surface area contributed by atoms with Gasteiger partial charge in [0.05, 0.1) is 6.54 Å². The van der Waals surface area contributed by atoms with Gasteiger partial charge in [0.1, 0.15) is 6.04 Å². The summed E-state index contributed by atoms with van der Waals surface area (Å²) < 4.78 is 0. The fraction of sp³-hybridized carbons (Fsp3) is 0.429. The van der Waals surface area contributed by atoms with Gasteiger partial charge < -0.3 is 10.4 Å². The van der Waals surface area contributed by atoms with Crippen molar-refractivity contribution in [3.8, 4) is 0 Å². The molecule has 1 aromatic carbocycles. The number of carboxylic acid groups (broad SMARTS) is 1. The van der Waals surface area contributed by atoms with E-state index in [9.17, 15) is 9.59 Å². The summed E-state index contributed by atoms with van der Waals surface area (Å²) in [5, 5.41) is 12.3. The molecule has 6 heteroatoms. The van der Waals surface area contributed by atoms with Crippen LogP contribution in [-0.4, -0.2) is 41.5 Å². The molecule has 0 saturated carbocycles. The number of hydrogen-bond acceptors (Lipinski definition) is 3. The molecule has 20 heavy (non-hydrogen) atoms. The molecule has 0 fully saturated rings. The van der Waals surface area contributed by atoms with Gasteiger partial charge in [0.2, 0.25) is 5.91 Å². The smallest absolute Gasteiger partial charge is 0.320 e. The number of benzene rings is 1. The third kappa shape index (κ3) is 4.83. The topological polar surface area (TPSA) is 69.6 Å². The van der Waals surface area contributed by atoms with Crippen molar-refractivity contribution < 1.29 is 14.7 Å². The van der Waals surface area contributed by atoms with Crippen molar-refractivity contribution in [2.24, 2.45) is 0 Å². The fourth-order valence-corrected chi connectivity index (χ4v) is 2.11. The van der Waals surface area contributed by atoms with Crippen LogP contribution in [0.3, 0.4) is 0 Å². The largest absolute Gasteiger partial charge is 0.480 e. The van der Waals surface area contributed by atoms with Crippen LogP contribution in [0.15, 0.2) is 24.3 Å². The Morgan fingerprint density at radius 1 is 1.40 bits per heavy atom. The minimum atomic E-state index is -0.922. The Morgan fingerprint density at radius 2 is 2.05 bits per heavy atom. The Kier molecular flexibility index (Phi) is 6.48. The van der Waals surface area contributed by atoms with Crippen LogP contribution < -0.4 is 5.32 Å². The Bertz CT molecular complexity index is 479. The molecular weight excluding hydrogens is 280 g/mol. The highest BCUT2D eigenvalue weighted by atomic mass is 35.5. The van der Waals surface area contributed by atoms with E-state index in [0.29, 0.717) is 18.0 Å². The number of nitrogens with one attached hydrogen (secondary N) is 1. The van der Waals surface area contributed by atoms with Gasteiger partial charge in [-0.15, -0.1) is 0 Å². The summed E-state index contributed by atoms with van der Waals surface area (Å²) in [6.07, 6.45) is 0.448. The zero-order chi connectivity index (χ0) is 15.1. The molecule has 0 spiro atoms. The third-order valence-corrected chi connectivity index (χ3v) is 3.40. The molecular formula is C14H19ClN2O3. The average Bonchev–Trinajstić information content (AvgIpc) is 2.38. The van der Waals surface area contributed by atoms with E-state index in [2.05, 4.69) is 5.32 Å². The number of rotatable bonds is 7. The van der Waals surface area contributed by atoms with Gasteiger partial charge in [0.15, 0.2) is 0 Å². The van der Waals surface area contributed by atoms with E-state index in [0.717, 1.165) is 5.56 Å². The van der Waals surface area contributed by atoms with Crippen LogP contribution in [0.2, 0.25) is 5.02 Å².